The number of carbonyl (C=O) groups is 1. The van der Waals surface area contributed by atoms with Crippen LogP contribution >= 0.6 is 0 Å². The molecule has 4 heterocycles. The van der Waals surface area contributed by atoms with Crippen molar-refractivity contribution in [2.24, 2.45) is 7.05 Å². The molecule has 180 valence electrons. The highest BCUT2D eigenvalue weighted by atomic mass is 19.1. The van der Waals surface area contributed by atoms with E-state index in [-0.39, 0.29) is 17.0 Å². The summed E-state index contributed by atoms with van der Waals surface area (Å²) in [7, 11) is 1.98. The van der Waals surface area contributed by atoms with E-state index in [0.717, 1.165) is 40.0 Å². The summed E-state index contributed by atoms with van der Waals surface area (Å²) in [6.45, 7) is 2.03. The van der Waals surface area contributed by atoms with Gasteiger partial charge < -0.3 is 15.4 Å². The van der Waals surface area contributed by atoms with Crippen molar-refractivity contribution in [3.63, 3.8) is 0 Å². The molecular weight excluding hydrogens is 452 g/mol. The van der Waals surface area contributed by atoms with Gasteiger partial charge in [-0.15, -0.1) is 0 Å². The molecule has 0 aliphatic carbocycles. The molecule has 0 radical (unpaired) electrons. The summed E-state index contributed by atoms with van der Waals surface area (Å²) >= 11 is 0. The number of piperidine rings is 1. The minimum atomic E-state index is -1.34. The predicted octanol–water partition coefficient (Wildman–Crippen LogP) is 4.57. The Bertz CT molecular complexity index is 1390. The number of nitrogens with two attached hydrogens (primary N) is 1. The SMILES string of the molecule is Cn1c(CN2CCC(c3c(F)cc(C(=O)O)cc3F)CC2)cc2c(-c3ccc(N)nc3)ccnc21. The predicted molar refractivity (Wildman–Crippen MR) is 129 cm³/mol. The fourth-order valence-electron chi connectivity index (χ4n) is 4.95. The maximum Gasteiger partial charge on any atom is 0.335 e. The highest BCUT2D eigenvalue weighted by Crippen LogP contribution is 2.34. The van der Waals surface area contributed by atoms with Crippen LogP contribution < -0.4 is 5.73 Å². The van der Waals surface area contributed by atoms with Gasteiger partial charge in [0.25, 0.3) is 0 Å². The second-order valence-electron chi connectivity index (χ2n) is 8.97. The molecule has 0 bridgehead atoms. The number of aromatic nitrogens is 3. The smallest absolute Gasteiger partial charge is 0.335 e. The van der Waals surface area contributed by atoms with E-state index in [9.17, 15) is 13.6 Å². The average molecular weight is 478 g/mol. The highest BCUT2D eigenvalue weighted by molar-refractivity contribution is 5.93. The first-order chi connectivity index (χ1) is 16.8. The summed E-state index contributed by atoms with van der Waals surface area (Å²) in [4.78, 5) is 22.1. The van der Waals surface area contributed by atoms with Crippen LogP contribution in [0.1, 0.15) is 40.4 Å². The Balaban J connectivity index is 1.33. The van der Waals surface area contributed by atoms with Crippen molar-refractivity contribution in [3.05, 3.63) is 77.2 Å². The third-order valence-electron chi connectivity index (χ3n) is 6.83. The van der Waals surface area contributed by atoms with E-state index in [1.807, 2.05) is 19.2 Å². The minimum absolute atomic E-state index is 0.00907. The van der Waals surface area contributed by atoms with E-state index in [1.165, 1.54) is 0 Å². The molecule has 7 nitrogen and oxygen atoms in total. The number of nitrogen functional groups attached to an aromatic ring is 1. The van der Waals surface area contributed by atoms with Gasteiger partial charge in [0.1, 0.15) is 23.1 Å². The molecule has 0 saturated carbocycles. The number of likely N-dealkylation sites (tertiary alicyclic amines) is 1. The monoisotopic (exact) mass is 477 g/mol. The molecule has 35 heavy (non-hydrogen) atoms. The number of pyridine rings is 2. The van der Waals surface area contributed by atoms with Crippen LogP contribution in [0.2, 0.25) is 0 Å². The fourth-order valence-corrected chi connectivity index (χ4v) is 4.95. The molecule has 0 spiro atoms. The molecule has 4 aromatic rings. The highest BCUT2D eigenvalue weighted by Gasteiger charge is 2.27. The number of benzene rings is 1. The van der Waals surface area contributed by atoms with Crippen molar-refractivity contribution in [1.82, 2.24) is 19.4 Å². The van der Waals surface area contributed by atoms with E-state index < -0.39 is 17.6 Å². The lowest BCUT2D eigenvalue weighted by Crippen LogP contribution is -2.33. The lowest BCUT2D eigenvalue weighted by Gasteiger charge is -2.32. The van der Waals surface area contributed by atoms with E-state index in [1.54, 1.807) is 18.5 Å². The molecule has 3 N–H and O–H groups in total. The van der Waals surface area contributed by atoms with Crippen LogP contribution in [0.15, 0.2) is 48.8 Å². The second kappa shape index (κ2) is 9.07. The van der Waals surface area contributed by atoms with E-state index in [2.05, 4.69) is 25.5 Å². The Morgan fingerprint density at radius 1 is 1.11 bits per heavy atom. The number of halogens is 2. The lowest BCUT2D eigenvalue weighted by atomic mass is 9.88. The first kappa shape index (κ1) is 22.9. The molecule has 0 unspecified atom stereocenters. The van der Waals surface area contributed by atoms with Gasteiger partial charge in [0, 0.05) is 48.2 Å². The maximum absolute atomic E-state index is 14.5. The largest absolute Gasteiger partial charge is 0.478 e. The molecule has 0 atom stereocenters. The van der Waals surface area contributed by atoms with Crippen molar-refractivity contribution in [2.45, 2.75) is 25.3 Å². The van der Waals surface area contributed by atoms with Gasteiger partial charge in [-0.1, -0.05) is 0 Å². The summed E-state index contributed by atoms with van der Waals surface area (Å²) in [5, 5.41) is 10.0. The lowest BCUT2D eigenvalue weighted by molar-refractivity contribution is 0.0695. The van der Waals surface area contributed by atoms with Crippen molar-refractivity contribution in [2.75, 3.05) is 18.8 Å². The molecule has 3 aromatic heterocycles. The number of fused-ring (bicyclic) bond motifs is 1. The first-order valence-corrected chi connectivity index (χ1v) is 11.4. The van der Waals surface area contributed by atoms with Crippen LogP contribution in [0.5, 0.6) is 0 Å². The van der Waals surface area contributed by atoms with Gasteiger partial charge >= 0.3 is 5.97 Å². The fraction of sp³-hybridized carbons (Fsp3) is 0.269. The molecule has 9 heteroatoms. The number of hydrogen-bond acceptors (Lipinski definition) is 5. The molecule has 1 aliphatic heterocycles. The Morgan fingerprint density at radius 3 is 2.46 bits per heavy atom. The van der Waals surface area contributed by atoms with Crippen LogP contribution in [0, 0.1) is 11.6 Å². The third-order valence-corrected chi connectivity index (χ3v) is 6.83. The van der Waals surface area contributed by atoms with Gasteiger partial charge in [-0.3, -0.25) is 4.90 Å². The van der Waals surface area contributed by atoms with Crippen molar-refractivity contribution >= 4 is 22.8 Å². The summed E-state index contributed by atoms with van der Waals surface area (Å²) in [6.07, 6.45) is 4.71. The topological polar surface area (TPSA) is 97.3 Å². The van der Waals surface area contributed by atoms with Crippen molar-refractivity contribution in [3.8, 4) is 11.1 Å². The Morgan fingerprint density at radius 2 is 1.83 bits per heavy atom. The van der Waals surface area contributed by atoms with Crippen LogP contribution in [-0.2, 0) is 13.6 Å². The number of nitrogens with zero attached hydrogens (tertiary/aromatic N) is 4. The zero-order chi connectivity index (χ0) is 24.7. The van der Waals surface area contributed by atoms with E-state index >= 15 is 0 Å². The van der Waals surface area contributed by atoms with Gasteiger partial charge in [0.05, 0.1) is 5.56 Å². The molecule has 1 aromatic carbocycles. The number of carboxylic acid groups (broad SMARTS) is 1. The van der Waals surface area contributed by atoms with Gasteiger partial charge in [0.2, 0.25) is 0 Å². The van der Waals surface area contributed by atoms with Crippen LogP contribution in [-0.4, -0.2) is 43.6 Å². The van der Waals surface area contributed by atoms with Gasteiger partial charge in [-0.05, 0) is 73.8 Å². The first-order valence-electron chi connectivity index (χ1n) is 11.4. The van der Waals surface area contributed by atoms with Crippen LogP contribution in [0.3, 0.4) is 0 Å². The average Bonchev–Trinajstić information content (AvgIpc) is 3.15. The maximum atomic E-state index is 14.5. The van der Waals surface area contributed by atoms with Crippen LogP contribution in [0.25, 0.3) is 22.2 Å². The normalized spacial score (nSPS) is 15.1. The zero-order valence-electron chi connectivity index (χ0n) is 19.2. The minimum Gasteiger partial charge on any atom is -0.478 e. The quantitative estimate of drug-likeness (QED) is 0.437. The number of carboxylic acids is 1. The van der Waals surface area contributed by atoms with E-state index in [4.69, 9.17) is 10.8 Å². The number of anilines is 1. The summed E-state index contributed by atoms with van der Waals surface area (Å²) < 4.78 is 31.1. The van der Waals surface area contributed by atoms with Gasteiger partial charge in [-0.2, -0.15) is 0 Å². The van der Waals surface area contributed by atoms with Gasteiger partial charge in [-0.25, -0.2) is 23.5 Å². The molecule has 1 saturated heterocycles. The Kier molecular flexibility index (Phi) is 5.94. The van der Waals surface area contributed by atoms with Gasteiger partial charge in [0.15, 0.2) is 0 Å². The summed E-state index contributed by atoms with van der Waals surface area (Å²) in [6, 6.07) is 9.62. The molecular formula is C26H25F2N5O2. The number of aryl methyl sites for hydroxylation is 1. The van der Waals surface area contributed by atoms with Crippen LogP contribution in [0.4, 0.5) is 14.6 Å². The molecule has 5 rings (SSSR count). The summed E-state index contributed by atoms with van der Waals surface area (Å²) in [5.41, 5.74) is 9.29. The number of rotatable bonds is 5. The standard InChI is InChI=1S/C26H25F2N5O2/c1-32-18(12-20-19(4-7-30-25(20)32)16-2-3-23(29)31-13-16)14-33-8-5-15(6-9-33)24-21(27)10-17(26(34)35)11-22(24)28/h2-4,7,10-13,15H,5-6,8-9,14H2,1H3,(H2,29,31)(H,34,35). The molecule has 1 aliphatic rings. The number of hydrogen-bond donors (Lipinski definition) is 2. The molecule has 1 fully saturated rings. The summed E-state index contributed by atoms with van der Waals surface area (Å²) in [5.74, 6) is -2.73. The Labute approximate surface area is 200 Å². The van der Waals surface area contributed by atoms with Crippen molar-refractivity contribution < 1.29 is 18.7 Å². The third kappa shape index (κ3) is 4.35. The van der Waals surface area contributed by atoms with Crippen molar-refractivity contribution in [1.29, 1.82) is 0 Å². The Hall–Kier alpha value is -3.85. The molecule has 0 amide bonds. The number of aromatic carboxylic acids is 1. The zero-order valence-corrected chi connectivity index (χ0v) is 19.2. The van der Waals surface area contributed by atoms with E-state index in [0.29, 0.717) is 38.3 Å². The second-order valence-corrected chi connectivity index (χ2v) is 8.97.